The van der Waals surface area contributed by atoms with Gasteiger partial charge in [-0.25, -0.2) is 9.97 Å². The summed E-state index contributed by atoms with van der Waals surface area (Å²) in [5.41, 5.74) is 6.17. The van der Waals surface area contributed by atoms with Crippen molar-refractivity contribution in [3.63, 3.8) is 0 Å². The smallest absolute Gasteiger partial charge is 0.157 e. The van der Waals surface area contributed by atoms with E-state index >= 15 is 0 Å². The summed E-state index contributed by atoms with van der Waals surface area (Å²) < 4.78 is 0.770. The lowest BCUT2D eigenvalue weighted by Gasteiger charge is -2.19. The Morgan fingerprint density at radius 3 is 2.78 bits per heavy atom. The van der Waals surface area contributed by atoms with Crippen LogP contribution < -0.4 is 10.6 Å². The third-order valence-corrected chi connectivity index (χ3v) is 3.71. The standard InChI is InChI=1S/C11H11ClN4S2/c1-16(6-7-2-3-8(12)18-7)11-9(10(13)17)14-4-5-15-11/h2-5H,6H2,1H3,(H2,13,17). The number of anilines is 1. The largest absolute Gasteiger partial charge is 0.388 e. The van der Waals surface area contributed by atoms with Crippen LogP contribution in [0.3, 0.4) is 0 Å². The van der Waals surface area contributed by atoms with Crippen LogP contribution in [0.15, 0.2) is 24.5 Å². The fourth-order valence-electron chi connectivity index (χ4n) is 1.53. The summed E-state index contributed by atoms with van der Waals surface area (Å²) >= 11 is 12.4. The average molecular weight is 299 g/mol. The van der Waals surface area contributed by atoms with Gasteiger partial charge in [0.15, 0.2) is 5.82 Å². The number of nitrogens with two attached hydrogens (primary N) is 1. The molecule has 0 bridgehead atoms. The maximum atomic E-state index is 5.90. The quantitative estimate of drug-likeness (QED) is 0.879. The average Bonchev–Trinajstić information content (AvgIpc) is 2.74. The molecule has 0 aliphatic heterocycles. The van der Waals surface area contributed by atoms with Gasteiger partial charge in [-0.1, -0.05) is 23.8 Å². The monoisotopic (exact) mass is 298 g/mol. The van der Waals surface area contributed by atoms with Gasteiger partial charge in [-0.05, 0) is 12.1 Å². The highest BCUT2D eigenvalue weighted by molar-refractivity contribution is 7.80. The molecule has 0 saturated heterocycles. The lowest BCUT2D eigenvalue weighted by molar-refractivity contribution is 0.900. The summed E-state index contributed by atoms with van der Waals surface area (Å²) in [5, 5.41) is 0. The molecule has 7 heteroatoms. The van der Waals surface area contributed by atoms with Crippen LogP contribution in [0, 0.1) is 0 Å². The van der Waals surface area contributed by atoms with Crippen LogP contribution >= 0.6 is 35.2 Å². The van der Waals surface area contributed by atoms with Crippen LogP contribution in [0.2, 0.25) is 4.34 Å². The molecule has 0 fully saturated rings. The molecule has 0 atom stereocenters. The molecule has 0 aliphatic rings. The van der Waals surface area contributed by atoms with E-state index in [1.54, 1.807) is 12.4 Å². The van der Waals surface area contributed by atoms with Crippen molar-refractivity contribution in [2.45, 2.75) is 6.54 Å². The lowest BCUT2D eigenvalue weighted by Crippen LogP contribution is -2.23. The van der Waals surface area contributed by atoms with Gasteiger partial charge in [0.25, 0.3) is 0 Å². The Hall–Kier alpha value is -1.24. The molecule has 0 spiro atoms. The van der Waals surface area contributed by atoms with Crippen molar-refractivity contribution in [2.75, 3.05) is 11.9 Å². The number of nitrogens with zero attached hydrogens (tertiary/aromatic N) is 3. The highest BCUT2D eigenvalue weighted by atomic mass is 35.5. The topological polar surface area (TPSA) is 55.0 Å². The number of aromatic nitrogens is 2. The van der Waals surface area contributed by atoms with Crippen molar-refractivity contribution in [1.29, 1.82) is 0 Å². The molecule has 2 N–H and O–H groups in total. The van der Waals surface area contributed by atoms with Crippen LogP contribution in [0.4, 0.5) is 5.82 Å². The summed E-state index contributed by atoms with van der Waals surface area (Å²) in [5.74, 6) is 0.675. The molecule has 18 heavy (non-hydrogen) atoms. The van der Waals surface area contributed by atoms with Gasteiger partial charge < -0.3 is 10.6 Å². The second-order valence-corrected chi connectivity index (χ2v) is 5.89. The number of halogens is 1. The number of rotatable bonds is 4. The number of hydrogen-bond donors (Lipinski definition) is 1. The van der Waals surface area contributed by atoms with E-state index < -0.39 is 0 Å². The molecule has 0 aliphatic carbocycles. The summed E-state index contributed by atoms with van der Waals surface area (Å²) in [4.78, 5) is 11.8. The Bertz CT molecular complexity index is 570. The van der Waals surface area contributed by atoms with Crippen molar-refractivity contribution < 1.29 is 0 Å². The van der Waals surface area contributed by atoms with Crippen LogP contribution in [0.1, 0.15) is 10.6 Å². The van der Waals surface area contributed by atoms with E-state index in [-0.39, 0.29) is 4.99 Å². The molecule has 2 rings (SSSR count). The van der Waals surface area contributed by atoms with Crippen molar-refractivity contribution in [1.82, 2.24) is 9.97 Å². The van der Waals surface area contributed by atoms with E-state index in [4.69, 9.17) is 29.6 Å². The van der Waals surface area contributed by atoms with Crippen LogP contribution in [-0.4, -0.2) is 22.0 Å². The van der Waals surface area contributed by atoms with E-state index in [9.17, 15) is 0 Å². The highest BCUT2D eigenvalue weighted by Gasteiger charge is 2.13. The van der Waals surface area contributed by atoms with Gasteiger partial charge in [0.1, 0.15) is 10.7 Å². The maximum Gasteiger partial charge on any atom is 0.157 e. The Morgan fingerprint density at radius 1 is 1.44 bits per heavy atom. The van der Waals surface area contributed by atoms with Gasteiger partial charge in [-0.2, -0.15) is 0 Å². The molecule has 0 radical (unpaired) electrons. The zero-order chi connectivity index (χ0) is 13.1. The van der Waals surface area contributed by atoms with Crippen LogP contribution in [0.5, 0.6) is 0 Å². The molecule has 0 unspecified atom stereocenters. The van der Waals surface area contributed by atoms with Gasteiger partial charge in [0.05, 0.1) is 10.9 Å². The first-order chi connectivity index (χ1) is 8.58. The summed E-state index contributed by atoms with van der Waals surface area (Å²) in [6.45, 7) is 0.686. The molecule has 0 saturated carbocycles. The van der Waals surface area contributed by atoms with Crippen molar-refractivity contribution in [3.8, 4) is 0 Å². The predicted molar refractivity (Wildman–Crippen MR) is 79.4 cm³/mol. The van der Waals surface area contributed by atoms with E-state index in [0.29, 0.717) is 18.1 Å². The first-order valence-electron chi connectivity index (χ1n) is 5.14. The maximum absolute atomic E-state index is 5.90. The molecule has 2 heterocycles. The second-order valence-electron chi connectivity index (χ2n) is 3.65. The van der Waals surface area contributed by atoms with Crippen molar-refractivity contribution >= 4 is 46.0 Å². The molecule has 94 valence electrons. The molecular weight excluding hydrogens is 288 g/mol. The van der Waals surface area contributed by atoms with Crippen molar-refractivity contribution in [2.24, 2.45) is 5.73 Å². The fraction of sp³-hybridized carbons (Fsp3) is 0.182. The van der Waals surface area contributed by atoms with E-state index in [1.165, 1.54) is 11.3 Å². The highest BCUT2D eigenvalue weighted by Crippen LogP contribution is 2.24. The van der Waals surface area contributed by atoms with Crippen LogP contribution in [-0.2, 0) is 6.54 Å². The zero-order valence-electron chi connectivity index (χ0n) is 9.63. The first-order valence-corrected chi connectivity index (χ1v) is 6.74. The minimum Gasteiger partial charge on any atom is -0.388 e. The summed E-state index contributed by atoms with van der Waals surface area (Å²) in [6, 6.07) is 3.86. The Morgan fingerprint density at radius 2 is 2.17 bits per heavy atom. The lowest BCUT2D eigenvalue weighted by atomic mass is 10.3. The fourth-order valence-corrected chi connectivity index (χ4v) is 2.81. The minimum absolute atomic E-state index is 0.245. The van der Waals surface area contributed by atoms with Gasteiger partial charge in [0, 0.05) is 24.3 Å². The minimum atomic E-state index is 0.245. The predicted octanol–water partition coefficient (Wildman–Crippen LogP) is 2.46. The third kappa shape index (κ3) is 2.95. The van der Waals surface area contributed by atoms with Gasteiger partial charge in [-0.3, -0.25) is 0 Å². The molecule has 0 aromatic carbocycles. The first kappa shape index (κ1) is 13.2. The number of hydrogen-bond acceptors (Lipinski definition) is 5. The number of thiophene rings is 1. The van der Waals surface area contributed by atoms with E-state index in [1.807, 2.05) is 24.1 Å². The van der Waals surface area contributed by atoms with E-state index in [0.717, 1.165) is 9.21 Å². The summed E-state index contributed by atoms with van der Waals surface area (Å²) in [6.07, 6.45) is 3.20. The Labute approximate surface area is 119 Å². The molecule has 4 nitrogen and oxygen atoms in total. The van der Waals surface area contributed by atoms with Gasteiger partial charge in [0.2, 0.25) is 0 Å². The van der Waals surface area contributed by atoms with Crippen molar-refractivity contribution in [3.05, 3.63) is 39.4 Å². The summed E-state index contributed by atoms with van der Waals surface area (Å²) in [7, 11) is 1.92. The third-order valence-electron chi connectivity index (χ3n) is 2.30. The Balaban J connectivity index is 2.23. The second kappa shape index (κ2) is 5.60. The molecule has 2 aromatic heterocycles. The molecular formula is C11H11ClN4S2. The molecule has 2 aromatic rings. The van der Waals surface area contributed by atoms with Crippen LogP contribution in [0.25, 0.3) is 0 Å². The SMILES string of the molecule is CN(Cc1ccc(Cl)s1)c1nccnc1C(N)=S. The Kier molecular flexibility index (Phi) is 4.11. The molecule has 0 amide bonds. The van der Waals surface area contributed by atoms with E-state index in [2.05, 4.69) is 9.97 Å². The number of thiocarbonyl (C=S) groups is 1. The van der Waals surface area contributed by atoms with Gasteiger partial charge in [-0.15, -0.1) is 11.3 Å². The van der Waals surface area contributed by atoms with Gasteiger partial charge >= 0.3 is 0 Å². The zero-order valence-corrected chi connectivity index (χ0v) is 12.0. The normalized spacial score (nSPS) is 10.3.